The Morgan fingerprint density at radius 3 is 1.50 bits per heavy atom. The maximum atomic E-state index is 4.50. The van der Waals surface area contributed by atoms with Crippen LogP contribution in [0.3, 0.4) is 0 Å². The van der Waals surface area contributed by atoms with E-state index >= 15 is 0 Å². The summed E-state index contributed by atoms with van der Waals surface area (Å²) in [6.07, 6.45) is 4.31. The molecule has 2 N–H and O–H groups in total. The Morgan fingerprint density at radius 1 is 0.812 bits per heavy atom. The molecule has 2 aromatic carbocycles. The SMILES string of the molecule is C/C=c1/cc2ccccc2c/c1=C/C.CN. The molecule has 0 heterocycles. The van der Waals surface area contributed by atoms with E-state index in [0.717, 1.165) is 0 Å². The molecule has 16 heavy (non-hydrogen) atoms. The van der Waals surface area contributed by atoms with E-state index in [0.29, 0.717) is 0 Å². The Kier molecular flexibility index (Phi) is 4.74. The van der Waals surface area contributed by atoms with Crippen molar-refractivity contribution in [2.75, 3.05) is 7.05 Å². The summed E-state index contributed by atoms with van der Waals surface area (Å²) in [5, 5.41) is 5.25. The second-order valence-electron chi connectivity index (χ2n) is 3.41. The molecule has 1 heteroatoms. The molecule has 0 spiro atoms. The molecular formula is C15H19N. The van der Waals surface area contributed by atoms with Gasteiger partial charge in [-0.2, -0.15) is 0 Å². The average molecular weight is 213 g/mol. The van der Waals surface area contributed by atoms with E-state index in [1.807, 2.05) is 0 Å². The quantitative estimate of drug-likeness (QED) is 0.712. The van der Waals surface area contributed by atoms with Crippen molar-refractivity contribution >= 4 is 22.9 Å². The Morgan fingerprint density at radius 2 is 1.19 bits per heavy atom. The molecule has 0 radical (unpaired) electrons. The van der Waals surface area contributed by atoms with Crippen LogP contribution in [0.5, 0.6) is 0 Å². The van der Waals surface area contributed by atoms with Gasteiger partial charge in [-0.15, -0.1) is 0 Å². The number of rotatable bonds is 0. The van der Waals surface area contributed by atoms with Crippen molar-refractivity contribution in [2.24, 2.45) is 5.73 Å². The molecule has 0 unspecified atom stereocenters. The molecular weight excluding hydrogens is 194 g/mol. The second-order valence-corrected chi connectivity index (χ2v) is 3.41. The van der Waals surface area contributed by atoms with Crippen molar-refractivity contribution in [1.29, 1.82) is 0 Å². The van der Waals surface area contributed by atoms with Crippen molar-refractivity contribution in [1.82, 2.24) is 0 Å². The first-order valence-electron chi connectivity index (χ1n) is 5.54. The van der Waals surface area contributed by atoms with Crippen LogP contribution in [0.15, 0.2) is 36.4 Å². The number of hydrogen-bond donors (Lipinski definition) is 1. The molecule has 1 nitrogen and oxygen atoms in total. The fourth-order valence-corrected chi connectivity index (χ4v) is 1.78. The normalized spacial score (nSPS) is 12.5. The summed E-state index contributed by atoms with van der Waals surface area (Å²) in [5.41, 5.74) is 4.50. The summed E-state index contributed by atoms with van der Waals surface area (Å²) in [6, 6.07) is 13.0. The topological polar surface area (TPSA) is 26.0 Å². The molecule has 0 atom stereocenters. The van der Waals surface area contributed by atoms with Crippen LogP contribution in [0, 0.1) is 0 Å². The first-order chi connectivity index (χ1) is 7.85. The molecule has 0 bridgehead atoms. The Bertz CT molecular complexity index is 515. The molecule has 0 aromatic heterocycles. The first kappa shape index (κ1) is 12.5. The second kappa shape index (κ2) is 6.09. The zero-order valence-corrected chi connectivity index (χ0v) is 10.2. The van der Waals surface area contributed by atoms with Crippen LogP contribution in [-0.2, 0) is 0 Å². The number of nitrogens with two attached hydrogens (primary N) is 1. The molecule has 0 aliphatic carbocycles. The van der Waals surface area contributed by atoms with E-state index in [1.165, 1.54) is 28.3 Å². The van der Waals surface area contributed by atoms with Gasteiger partial charge < -0.3 is 5.73 Å². The summed E-state index contributed by atoms with van der Waals surface area (Å²) in [5.74, 6) is 0. The zero-order chi connectivity index (χ0) is 12.0. The Balaban J connectivity index is 0.000000606. The van der Waals surface area contributed by atoms with Crippen LogP contribution in [-0.4, -0.2) is 7.05 Å². The predicted molar refractivity (Wildman–Crippen MR) is 73.6 cm³/mol. The lowest BCUT2D eigenvalue weighted by molar-refractivity contribution is 1.48. The van der Waals surface area contributed by atoms with Gasteiger partial charge in [0.1, 0.15) is 0 Å². The van der Waals surface area contributed by atoms with Crippen LogP contribution in [0.25, 0.3) is 22.9 Å². The zero-order valence-electron chi connectivity index (χ0n) is 10.2. The standard InChI is InChI=1S/C14H14.CH5N/c1-3-11-9-13-7-5-6-8-14(13)10-12(11)4-2;1-2/h3-10H,1-2H3;2H2,1H3/b11-3-,12-4-;. The maximum absolute atomic E-state index is 4.50. The molecule has 0 aliphatic rings. The Labute approximate surface area is 96.9 Å². The molecule has 0 amide bonds. The summed E-state index contributed by atoms with van der Waals surface area (Å²) in [4.78, 5) is 0. The fraction of sp³-hybridized carbons (Fsp3) is 0.200. The molecule has 0 aliphatic heterocycles. The Hall–Kier alpha value is -1.60. The van der Waals surface area contributed by atoms with Crippen molar-refractivity contribution in [3.8, 4) is 0 Å². The third-order valence-corrected chi connectivity index (χ3v) is 2.57. The lowest BCUT2D eigenvalue weighted by Crippen LogP contribution is -2.23. The van der Waals surface area contributed by atoms with Crippen LogP contribution < -0.4 is 16.2 Å². The highest BCUT2D eigenvalue weighted by molar-refractivity contribution is 5.82. The van der Waals surface area contributed by atoms with Gasteiger partial charge in [0.15, 0.2) is 0 Å². The molecule has 0 fully saturated rings. The number of hydrogen-bond acceptors (Lipinski definition) is 1. The van der Waals surface area contributed by atoms with Gasteiger partial charge >= 0.3 is 0 Å². The lowest BCUT2D eigenvalue weighted by atomic mass is 10.1. The van der Waals surface area contributed by atoms with E-state index in [4.69, 9.17) is 0 Å². The summed E-state index contributed by atoms with van der Waals surface area (Å²) < 4.78 is 0. The molecule has 2 rings (SSSR count). The third-order valence-electron chi connectivity index (χ3n) is 2.57. The van der Waals surface area contributed by atoms with Crippen molar-refractivity contribution < 1.29 is 0 Å². The van der Waals surface area contributed by atoms with Gasteiger partial charge in [0.2, 0.25) is 0 Å². The van der Waals surface area contributed by atoms with E-state index in [2.05, 4.69) is 68.1 Å². The highest BCUT2D eigenvalue weighted by Gasteiger charge is 1.91. The minimum Gasteiger partial charge on any atom is -0.333 e. The minimum absolute atomic E-state index is 1.31. The molecule has 84 valence electrons. The van der Waals surface area contributed by atoms with Crippen molar-refractivity contribution in [3.63, 3.8) is 0 Å². The van der Waals surface area contributed by atoms with Gasteiger partial charge in [-0.25, -0.2) is 0 Å². The molecule has 0 saturated carbocycles. The summed E-state index contributed by atoms with van der Waals surface area (Å²) >= 11 is 0. The monoisotopic (exact) mass is 213 g/mol. The minimum atomic E-state index is 1.31. The van der Waals surface area contributed by atoms with Crippen LogP contribution in [0.2, 0.25) is 0 Å². The van der Waals surface area contributed by atoms with E-state index in [-0.39, 0.29) is 0 Å². The number of benzene rings is 2. The molecule has 2 aromatic rings. The van der Waals surface area contributed by atoms with Crippen molar-refractivity contribution in [2.45, 2.75) is 13.8 Å². The first-order valence-corrected chi connectivity index (χ1v) is 5.54. The highest BCUT2D eigenvalue weighted by Crippen LogP contribution is 2.07. The predicted octanol–water partition coefficient (Wildman–Crippen LogP) is 2.02. The highest BCUT2D eigenvalue weighted by atomic mass is 14.4. The van der Waals surface area contributed by atoms with E-state index < -0.39 is 0 Å². The van der Waals surface area contributed by atoms with Crippen LogP contribution in [0.1, 0.15) is 13.8 Å². The van der Waals surface area contributed by atoms with Crippen molar-refractivity contribution in [3.05, 3.63) is 46.8 Å². The van der Waals surface area contributed by atoms with Crippen LogP contribution in [0.4, 0.5) is 0 Å². The van der Waals surface area contributed by atoms with Gasteiger partial charge in [-0.05, 0) is 54.2 Å². The lowest BCUT2D eigenvalue weighted by Gasteiger charge is -1.97. The summed E-state index contributed by atoms with van der Waals surface area (Å²) in [6.45, 7) is 4.16. The van der Waals surface area contributed by atoms with Gasteiger partial charge in [0.25, 0.3) is 0 Å². The van der Waals surface area contributed by atoms with Crippen LogP contribution >= 0.6 is 0 Å². The van der Waals surface area contributed by atoms with E-state index in [9.17, 15) is 0 Å². The largest absolute Gasteiger partial charge is 0.333 e. The van der Waals surface area contributed by atoms with Gasteiger partial charge in [-0.3, -0.25) is 0 Å². The smallest absolute Gasteiger partial charge is 0.0178 e. The van der Waals surface area contributed by atoms with Gasteiger partial charge in [-0.1, -0.05) is 36.4 Å². The molecule has 0 saturated heterocycles. The van der Waals surface area contributed by atoms with E-state index in [1.54, 1.807) is 0 Å². The van der Waals surface area contributed by atoms with Gasteiger partial charge in [0.05, 0.1) is 0 Å². The third kappa shape index (κ3) is 2.50. The maximum Gasteiger partial charge on any atom is -0.0178 e. The average Bonchev–Trinajstić information content (AvgIpc) is 2.39. The number of fused-ring (bicyclic) bond motifs is 1. The fourth-order valence-electron chi connectivity index (χ4n) is 1.78. The summed E-state index contributed by atoms with van der Waals surface area (Å²) in [7, 11) is 1.50. The van der Waals surface area contributed by atoms with Gasteiger partial charge in [0, 0.05) is 0 Å².